The van der Waals surface area contributed by atoms with Crippen LogP contribution in [0.1, 0.15) is 25.0 Å². The highest BCUT2D eigenvalue weighted by atomic mass is 31.2. The SMILES string of the molecule is CCc1ccc(P(=O)(O)O)c(-c2ccccc2)c1CC. The first-order valence-corrected chi connectivity index (χ1v) is 8.36. The van der Waals surface area contributed by atoms with Gasteiger partial charge in [0.1, 0.15) is 0 Å². The zero-order chi connectivity index (χ0) is 14.8. The Labute approximate surface area is 119 Å². The van der Waals surface area contributed by atoms with Crippen molar-refractivity contribution < 1.29 is 14.4 Å². The fourth-order valence-electron chi connectivity index (χ4n) is 2.58. The molecule has 106 valence electrons. The highest BCUT2D eigenvalue weighted by Gasteiger charge is 2.25. The van der Waals surface area contributed by atoms with Crippen molar-refractivity contribution in [2.24, 2.45) is 0 Å². The van der Waals surface area contributed by atoms with E-state index < -0.39 is 7.60 Å². The van der Waals surface area contributed by atoms with Crippen LogP contribution in [-0.4, -0.2) is 9.79 Å². The van der Waals surface area contributed by atoms with E-state index in [4.69, 9.17) is 0 Å². The summed E-state index contributed by atoms with van der Waals surface area (Å²) in [5.74, 6) is 0. The summed E-state index contributed by atoms with van der Waals surface area (Å²) in [4.78, 5) is 19.3. The fraction of sp³-hybridized carbons (Fsp3) is 0.250. The summed E-state index contributed by atoms with van der Waals surface area (Å²) in [6, 6.07) is 12.9. The maximum atomic E-state index is 11.8. The molecule has 3 nitrogen and oxygen atoms in total. The van der Waals surface area contributed by atoms with E-state index in [1.165, 1.54) is 0 Å². The van der Waals surface area contributed by atoms with Gasteiger partial charge in [-0.2, -0.15) is 0 Å². The third-order valence-corrected chi connectivity index (χ3v) is 4.50. The van der Waals surface area contributed by atoms with Crippen LogP contribution in [0.4, 0.5) is 0 Å². The van der Waals surface area contributed by atoms with Crippen LogP contribution in [0.5, 0.6) is 0 Å². The molecule has 2 aromatic carbocycles. The van der Waals surface area contributed by atoms with Crippen LogP contribution < -0.4 is 5.30 Å². The Bertz CT molecular complexity index is 644. The quantitative estimate of drug-likeness (QED) is 0.850. The van der Waals surface area contributed by atoms with Crippen LogP contribution in [0.15, 0.2) is 42.5 Å². The largest absolute Gasteiger partial charge is 0.356 e. The van der Waals surface area contributed by atoms with Crippen LogP contribution in [0, 0.1) is 0 Å². The normalized spacial score (nSPS) is 11.6. The lowest BCUT2D eigenvalue weighted by atomic mass is 9.92. The van der Waals surface area contributed by atoms with E-state index >= 15 is 0 Å². The van der Waals surface area contributed by atoms with Crippen molar-refractivity contribution in [2.75, 3.05) is 0 Å². The average molecular weight is 290 g/mol. The van der Waals surface area contributed by atoms with Gasteiger partial charge < -0.3 is 9.79 Å². The zero-order valence-corrected chi connectivity index (χ0v) is 12.6. The molecule has 4 heteroatoms. The Kier molecular flexibility index (Phi) is 4.44. The molecule has 0 saturated heterocycles. The number of hydrogen-bond donors (Lipinski definition) is 2. The summed E-state index contributed by atoms with van der Waals surface area (Å²) in [6.07, 6.45) is 1.60. The van der Waals surface area contributed by atoms with Gasteiger partial charge in [0.15, 0.2) is 0 Å². The summed E-state index contributed by atoms with van der Waals surface area (Å²) >= 11 is 0. The molecule has 0 aliphatic carbocycles. The van der Waals surface area contributed by atoms with Crippen molar-refractivity contribution >= 4 is 12.9 Å². The van der Waals surface area contributed by atoms with E-state index in [9.17, 15) is 14.4 Å². The molecule has 0 aromatic heterocycles. The Morgan fingerprint density at radius 1 is 0.950 bits per heavy atom. The zero-order valence-electron chi connectivity index (χ0n) is 11.7. The summed E-state index contributed by atoms with van der Waals surface area (Å²) in [6.45, 7) is 4.07. The molecule has 0 bridgehead atoms. The van der Waals surface area contributed by atoms with Gasteiger partial charge >= 0.3 is 7.60 Å². The summed E-state index contributed by atoms with van der Waals surface area (Å²) in [7, 11) is -4.29. The second kappa shape index (κ2) is 5.92. The third-order valence-electron chi connectivity index (χ3n) is 3.50. The summed E-state index contributed by atoms with van der Waals surface area (Å²) in [5.41, 5.74) is 3.72. The van der Waals surface area contributed by atoms with E-state index in [0.717, 1.165) is 29.5 Å². The van der Waals surface area contributed by atoms with Gasteiger partial charge in [0.2, 0.25) is 0 Å². The fourth-order valence-corrected chi connectivity index (χ4v) is 3.41. The lowest BCUT2D eigenvalue weighted by Crippen LogP contribution is -2.12. The molecule has 0 heterocycles. The van der Waals surface area contributed by atoms with Crippen LogP contribution in [0.2, 0.25) is 0 Å². The van der Waals surface area contributed by atoms with E-state index in [2.05, 4.69) is 6.92 Å². The van der Waals surface area contributed by atoms with Gasteiger partial charge in [-0.25, -0.2) is 0 Å². The van der Waals surface area contributed by atoms with Gasteiger partial charge in [-0.05, 0) is 35.6 Å². The Hall–Kier alpha value is -1.41. The number of hydrogen-bond acceptors (Lipinski definition) is 1. The van der Waals surface area contributed by atoms with Crippen molar-refractivity contribution in [1.82, 2.24) is 0 Å². The molecule has 0 spiro atoms. The monoisotopic (exact) mass is 290 g/mol. The molecule has 0 aliphatic heterocycles. The molecular weight excluding hydrogens is 271 g/mol. The van der Waals surface area contributed by atoms with Crippen LogP contribution in [0.3, 0.4) is 0 Å². The van der Waals surface area contributed by atoms with Gasteiger partial charge in [-0.3, -0.25) is 4.57 Å². The first-order chi connectivity index (χ1) is 9.49. The lowest BCUT2D eigenvalue weighted by Gasteiger charge is -2.18. The summed E-state index contributed by atoms with van der Waals surface area (Å²) < 4.78 is 11.8. The molecule has 2 N–H and O–H groups in total. The Morgan fingerprint density at radius 2 is 1.60 bits per heavy atom. The topological polar surface area (TPSA) is 57.5 Å². The van der Waals surface area contributed by atoms with Crippen molar-refractivity contribution in [2.45, 2.75) is 26.7 Å². The number of aryl methyl sites for hydroxylation is 1. The second-order valence-corrected chi connectivity index (χ2v) is 6.28. The molecular formula is C16H19O3P. The van der Waals surface area contributed by atoms with Crippen LogP contribution >= 0.6 is 7.60 Å². The van der Waals surface area contributed by atoms with Crippen molar-refractivity contribution in [3.05, 3.63) is 53.6 Å². The van der Waals surface area contributed by atoms with Crippen LogP contribution in [-0.2, 0) is 17.4 Å². The molecule has 20 heavy (non-hydrogen) atoms. The van der Waals surface area contributed by atoms with Crippen LogP contribution in [0.25, 0.3) is 11.1 Å². The predicted molar refractivity (Wildman–Crippen MR) is 82.3 cm³/mol. The Balaban J connectivity index is 2.82. The Morgan fingerprint density at radius 3 is 2.10 bits per heavy atom. The molecule has 2 rings (SSSR count). The van der Waals surface area contributed by atoms with Gasteiger partial charge in [0, 0.05) is 5.56 Å². The first kappa shape index (κ1) is 15.0. The highest BCUT2D eigenvalue weighted by molar-refractivity contribution is 7.60. The van der Waals surface area contributed by atoms with Gasteiger partial charge in [-0.15, -0.1) is 0 Å². The maximum absolute atomic E-state index is 11.8. The van der Waals surface area contributed by atoms with Crippen molar-refractivity contribution in [3.63, 3.8) is 0 Å². The standard InChI is InChI=1S/C16H19O3P/c1-3-12-10-11-15(20(17,18)19)16(14(12)4-2)13-8-6-5-7-9-13/h5-11H,3-4H2,1-2H3,(H2,17,18,19). The molecule has 0 aliphatic rings. The molecule has 0 fully saturated rings. The molecule has 0 unspecified atom stereocenters. The van der Waals surface area contributed by atoms with E-state index in [-0.39, 0.29) is 5.30 Å². The van der Waals surface area contributed by atoms with Crippen molar-refractivity contribution in [3.8, 4) is 11.1 Å². The predicted octanol–water partition coefficient (Wildman–Crippen LogP) is 3.28. The molecule has 0 atom stereocenters. The van der Waals surface area contributed by atoms with E-state index in [1.54, 1.807) is 6.07 Å². The minimum Gasteiger partial charge on any atom is -0.321 e. The summed E-state index contributed by atoms with van der Waals surface area (Å²) in [5, 5.41) is 0.123. The average Bonchev–Trinajstić information content (AvgIpc) is 2.45. The first-order valence-electron chi connectivity index (χ1n) is 6.75. The second-order valence-electron chi connectivity index (χ2n) is 4.71. The van der Waals surface area contributed by atoms with Gasteiger partial charge in [0.05, 0.1) is 5.30 Å². The van der Waals surface area contributed by atoms with Crippen molar-refractivity contribution in [1.29, 1.82) is 0 Å². The molecule has 0 amide bonds. The van der Waals surface area contributed by atoms with E-state index in [0.29, 0.717) is 5.56 Å². The molecule has 0 saturated carbocycles. The third kappa shape index (κ3) is 2.85. The number of rotatable bonds is 4. The minimum atomic E-state index is -4.29. The van der Waals surface area contributed by atoms with Gasteiger partial charge in [-0.1, -0.05) is 50.2 Å². The molecule has 0 radical (unpaired) electrons. The minimum absolute atomic E-state index is 0.123. The number of benzene rings is 2. The smallest absolute Gasteiger partial charge is 0.321 e. The van der Waals surface area contributed by atoms with Gasteiger partial charge in [0.25, 0.3) is 0 Å². The maximum Gasteiger partial charge on any atom is 0.356 e. The lowest BCUT2D eigenvalue weighted by molar-refractivity contribution is 0.387. The van der Waals surface area contributed by atoms with E-state index in [1.807, 2.05) is 43.3 Å². The highest BCUT2D eigenvalue weighted by Crippen LogP contribution is 2.40. The molecule has 2 aromatic rings.